The van der Waals surface area contributed by atoms with E-state index in [0.29, 0.717) is 34.2 Å². The number of halogens is 2. The van der Waals surface area contributed by atoms with E-state index in [0.717, 1.165) is 16.9 Å². The third kappa shape index (κ3) is 3.43. The molecule has 1 amide bonds. The van der Waals surface area contributed by atoms with E-state index in [4.69, 9.17) is 27.9 Å². The molecule has 2 aliphatic rings. The lowest BCUT2D eigenvalue weighted by molar-refractivity contribution is -0.122. The number of carbonyl (C=O) groups is 2. The van der Waals surface area contributed by atoms with Crippen molar-refractivity contribution < 1.29 is 14.3 Å². The van der Waals surface area contributed by atoms with Gasteiger partial charge in [0.2, 0.25) is 5.91 Å². The molecule has 0 radical (unpaired) electrons. The molecular formula is C22H19Cl2NO3. The van der Waals surface area contributed by atoms with Crippen molar-refractivity contribution >= 4 is 34.9 Å². The number of ether oxygens (including phenoxy) is 1. The fraction of sp³-hybridized carbons (Fsp3) is 0.273. The van der Waals surface area contributed by atoms with Gasteiger partial charge in [-0.2, -0.15) is 0 Å². The van der Waals surface area contributed by atoms with Crippen LogP contribution in [-0.2, 0) is 9.59 Å². The Balaban J connectivity index is 1.71. The zero-order chi connectivity index (χ0) is 19.8. The van der Waals surface area contributed by atoms with Crippen molar-refractivity contribution in [2.24, 2.45) is 0 Å². The Bertz CT molecular complexity index is 982. The normalized spacial score (nSPS) is 22.0. The number of hydrogen-bond donors (Lipinski definition) is 1. The molecule has 0 saturated carbocycles. The van der Waals surface area contributed by atoms with Crippen LogP contribution in [0, 0.1) is 0 Å². The Morgan fingerprint density at radius 1 is 1.00 bits per heavy atom. The van der Waals surface area contributed by atoms with E-state index in [-0.39, 0.29) is 29.9 Å². The lowest BCUT2D eigenvalue weighted by atomic mass is 9.73. The van der Waals surface area contributed by atoms with E-state index in [2.05, 4.69) is 5.32 Å². The summed E-state index contributed by atoms with van der Waals surface area (Å²) in [5.74, 6) is 0.365. The van der Waals surface area contributed by atoms with Crippen molar-refractivity contribution in [3.8, 4) is 5.75 Å². The Morgan fingerprint density at radius 3 is 2.46 bits per heavy atom. The van der Waals surface area contributed by atoms with Crippen molar-refractivity contribution in [1.82, 2.24) is 5.32 Å². The largest absolute Gasteiger partial charge is 0.497 e. The summed E-state index contributed by atoms with van der Waals surface area (Å²) in [5.41, 5.74) is 3.15. The number of hydrogen-bond acceptors (Lipinski definition) is 3. The molecule has 144 valence electrons. The van der Waals surface area contributed by atoms with E-state index < -0.39 is 0 Å². The van der Waals surface area contributed by atoms with E-state index in [9.17, 15) is 9.59 Å². The van der Waals surface area contributed by atoms with E-state index >= 15 is 0 Å². The smallest absolute Gasteiger partial charge is 0.225 e. The minimum atomic E-state index is -0.362. The van der Waals surface area contributed by atoms with E-state index in [1.165, 1.54) is 0 Å². The number of rotatable bonds is 3. The summed E-state index contributed by atoms with van der Waals surface area (Å²) in [5, 5.41) is 3.75. The third-order valence-corrected chi connectivity index (χ3v) is 6.31. The van der Waals surface area contributed by atoms with Gasteiger partial charge in [0.15, 0.2) is 5.78 Å². The summed E-state index contributed by atoms with van der Waals surface area (Å²) in [6.07, 6.45) is 1.20. The minimum Gasteiger partial charge on any atom is -0.497 e. The standard InChI is InChI=1S/C22H19Cl2NO3/c1-28-14-7-5-12(6-8-14)13-9-18-21(19(26)10-13)16(11-20(27)25-18)15-3-2-4-17(23)22(15)24/h2-8,13,16H,9-11H2,1H3,(H,25,27)/t13-,16-/m1/s1. The highest BCUT2D eigenvalue weighted by Gasteiger charge is 2.39. The Labute approximate surface area is 173 Å². The number of methoxy groups -OCH3 is 1. The molecule has 1 aliphatic carbocycles. The first-order valence-electron chi connectivity index (χ1n) is 9.12. The summed E-state index contributed by atoms with van der Waals surface area (Å²) in [7, 11) is 1.62. The number of carbonyl (C=O) groups excluding carboxylic acids is 2. The number of benzene rings is 2. The molecule has 1 N–H and O–H groups in total. The van der Waals surface area contributed by atoms with Crippen LogP contribution in [0.15, 0.2) is 53.7 Å². The predicted molar refractivity (Wildman–Crippen MR) is 109 cm³/mol. The van der Waals surface area contributed by atoms with Crippen LogP contribution in [0.1, 0.15) is 42.2 Å². The van der Waals surface area contributed by atoms with Gasteiger partial charge in [-0.3, -0.25) is 9.59 Å². The second-order valence-corrected chi connectivity index (χ2v) is 7.93. The maximum atomic E-state index is 13.1. The molecule has 0 aromatic heterocycles. The Morgan fingerprint density at radius 2 is 1.75 bits per heavy atom. The molecule has 2 atom stereocenters. The maximum Gasteiger partial charge on any atom is 0.225 e. The van der Waals surface area contributed by atoms with Gasteiger partial charge in [0, 0.05) is 30.0 Å². The molecule has 1 aliphatic heterocycles. The number of amides is 1. The van der Waals surface area contributed by atoms with Crippen LogP contribution in [0.2, 0.25) is 10.0 Å². The summed E-state index contributed by atoms with van der Waals surface area (Å²) in [6, 6.07) is 13.1. The van der Waals surface area contributed by atoms with Crippen LogP contribution in [0.3, 0.4) is 0 Å². The van der Waals surface area contributed by atoms with Crippen LogP contribution >= 0.6 is 23.2 Å². The Hall–Kier alpha value is -2.30. The van der Waals surface area contributed by atoms with Gasteiger partial charge in [-0.05, 0) is 41.7 Å². The number of allylic oxidation sites excluding steroid dienone is 2. The van der Waals surface area contributed by atoms with Gasteiger partial charge < -0.3 is 10.1 Å². The topological polar surface area (TPSA) is 55.4 Å². The highest BCUT2D eigenvalue weighted by atomic mass is 35.5. The van der Waals surface area contributed by atoms with Gasteiger partial charge in [-0.15, -0.1) is 0 Å². The summed E-state index contributed by atoms with van der Waals surface area (Å²) in [6.45, 7) is 0. The zero-order valence-corrected chi connectivity index (χ0v) is 16.8. The van der Waals surface area contributed by atoms with Gasteiger partial charge in [0.05, 0.1) is 17.2 Å². The highest BCUT2D eigenvalue weighted by Crippen LogP contribution is 2.45. The molecule has 6 heteroatoms. The van der Waals surface area contributed by atoms with E-state index in [1.807, 2.05) is 30.3 Å². The van der Waals surface area contributed by atoms with Crippen LogP contribution in [0.25, 0.3) is 0 Å². The second kappa shape index (κ2) is 7.61. The monoisotopic (exact) mass is 415 g/mol. The molecular weight excluding hydrogens is 397 g/mol. The van der Waals surface area contributed by atoms with Crippen LogP contribution in [0.4, 0.5) is 0 Å². The van der Waals surface area contributed by atoms with Gasteiger partial charge in [-0.1, -0.05) is 47.5 Å². The molecule has 0 fully saturated rings. The zero-order valence-electron chi connectivity index (χ0n) is 15.3. The van der Waals surface area contributed by atoms with Crippen molar-refractivity contribution in [2.75, 3.05) is 7.11 Å². The number of ketones is 1. The van der Waals surface area contributed by atoms with Gasteiger partial charge in [-0.25, -0.2) is 0 Å². The molecule has 2 aromatic carbocycles. The van der Waals surface area contributed by atoms with Gasteiger partial charge >= 0.3 is 0 Å². The predicted octanol–water partition coefficient (Wildman–Crippen LogP) is 5.01. The molecule has 1 heterocycles. The molecule has 2 aromatic rings. The molecule has 0 unspecified atom stereocenters. The van der Waals surface area contributed by atoms with Crippen molar-refractivity contribution in [1.29, 1.82) is 0 Å². The van der Waals surface area contributed by atoms with Gasteiger partial charge in [0.1, 0.15) is 5.75 Å². The van der Waals surface area contributed by atoms with E-state index in [1.54, 1.807) is 19.2 Å². The van der Waals surface area contributed by atoms with Gasteiger partial charge in [0.25, 0.3) is 0 Å². The first-order valence-corrected chi connectivity index (χ1v) is 9.87. The first-order chi connectivity index (χ1) is 13.5. The molecule has 0 saturated heterocycles. The van der Waals surface area contributed by atoms with Crippen LogP contribution < -0.4 is 10.1 Å². The molecule has 0 bridgehead atoms. The summed E-state index contributed by atoms with van der Waals surface area (Å²) in [4.78, 5) is 25.5. The minimum absolute atomic E-state index is 0.0195. The van der Waals surface area contributed by atoms with Crippen LogP contribution in [-0.4, -0.2) is 18.8 Å². The molecule has 4 nitrogen and oxygen atoms in total. The first kappa shape index (κ1) is 19.0. The number of nitrogens with one attached hydrogen (secondary N) is 1. The fourth-order valence-electron chi connectivity index (χ4n) is 4.13. The van der Waals surface area contributed by atoms with Crippen LogP contribution in [0.5, 0.6) is 5.75 Å². The SMILES string of the molecule is COc1ccc([C@H]2CC(=O)C3=C(C2)NC(=O)C[C@@H]3c2cccc(Cl)c2Cl)cc1. The quantitative estimate of drug-likeness (QED) is 0.766. The molecule has 0 spiro atoms. The molecule has 4 rings (SSSR count). The third-order valence-electron chi connectivity index (χ3n) is 5.48. The molecule has 28 heavy (non-hydrogen) atoms. The number of Topliss-reactive ketones (excluding diaryl/α,β-unsaturated/α-hetero) is 1. The Kier molecular flexibility index (Phi) is 5.17. The average Bonchev–Trinajstić information content (AvgIpc) is 2.69. The lowest BCUT2D eigenvalue weighted by Gasteiger charge is -2.34. The highest BCUT2D eigenvalue weighted by molar-refractivity contribution is 6.42. The van der Waals surface area contributed by atoms with Crippen molar-refractivity contribution in [3.63, 3.8) is 0 Å². The fourth-order valence-corrected chi connectivity index (χ4v) is 4.57. The summed E-state index contributed by atoms with van der Waals surface area (Å²) >= 11 is 12.6. The van der Waals surface area contributed by atoms with Crippen molar-refractivity contribution in [3.05, 3.63) is 74.9 Å². The maximum absolute atomic E-state index is 13.1. The summed E-state index contributed by atoms with van der Waals surface area (Å²) < 4.78 is 5.20. The lowest BCUT2D eigenvalue weighted by Crippen LogP contribution is -2.38. The average molecular weight is 416 g/mol. The second-order valence-electron chi connectivity index (χ2n) is 7.14. The van der Waals surface area contributed by atoms with Crippen molar-refractivity contribution in [2.45, 2.75) is 31.1 Å².